The van der Waals surface area contributed by atoms with Crippen LogP contribution in [0.4, 0.5) is 5.69 Å². The van der Waals surface area contributed by atoms with E-state index in [4.69, 9.17) is 9.25 Å². The third-order valence-corrected chi connectivity index (χ3v) is 6.66. The predicted octanol–water partition coefficient (Wildman–Crippen LogP) is 3.22. The van der Waals surface area contributed by atoms with Gasteiger partial charge in [-0.3, -0.25) is 9.59 Å². The minimum atomic E-state index is -1.26. The second kappa shape index (κ2) is 9.71. The van der Waals surface area contributed by atoms with Gasteiger partial charge in [0.15, 0.2) is 0 Å². The fraction of sp³-hybridized carbons (Fsp3) is 0.207. The summed E-state index contributed by atoms with van der Waals surface area (Å²) in [5.41, 5.74) is 2.90. The van der Waals surface area contributed by atoms with E-state index in [1.807, 2.05) is 74.1 Å². The summed E-state index contributed by atoms with van der Waals surface area (Å²) in [5, 5.41) is 12.2. The van der Waals surface area contributed by atoms with E-state index < -0.39 is 23.8 Å². The Morgan fingerprint density at radius 1 is 0.949 bits per heavy atom. The number of anilines is 1. The van der Waals surface area contributed by atoms with E-state index in [1.54, 1.807) is 0 Å². The van der Waals surface area contributed by atoms with Crippen LogP contribution in [0.5, 0.6) is 0 Å². The Morgan fingerprint density at radius 3 is 2.28 bits per heavy atom. The Kier molecular flexibility index (Phi) is 6.39. The molecule has 0 saturated carbocycles. The Morgan fingerprint density at radius 2 is 1.64 bits per heavy atom. The van der Waals surface area contributed by atoms with Gasteiger partial charge in [0.25, 0.3) is 11.8 Å². The zero-order chi connectivity index (χ0) is 28.0. The number of hydrogen-bond donors (Lipinski definition) is 1. The lowest BCUT2D eigenvalue weighted by molar-refractivity contribution is -0.172. The minimum absolute atomic E-state index is 0.0459. The van der Waals surface area contributed by atoms with Crippen molar-refractivity contribution in [2.24, 2.45) is 0 Å². The minimum Gasteiger partial charge on any atom is -0.478 e. The number of rotatable bonds is 5. The van der Waals surface area contributed by atoms with Crippen molar-refractivity contribution in [3.05, 3.63) is 71.1 Å². The van der Waals surface area contributed by atoms with Crippen LogP contribution in [0.15, 0.2) is 59.0 Å². The molecule has 1 fully saturated rings. The fourth-order valence-corrected chi connectivity index (χ4v) is 4.57. The largest absolute Gasteiger partial charge is 0.478 e. The quantitative estimate of drug-likeness (QED) is 0.233. The van der Waals surface area contributed by atoms with Gasteiger partial charge in [0.2, 0.25) is 5.36 Å². The van der Waals surface area contributed by atoms with Crippen LogP contribution in [-0.4, -0.2) is 62.1 Å². The van der Waals surface area contributed by atoms with Crippen molar-refractivity contribution >= 4 is 40.4 Å². The maximum absolute atomic E-state index is 12.8. The van der Waals surface area contributed by atoms with Gasteiger partial charge in [0.1, 0.15) is 25.4 Å². The Labute approximate surface area is 223 Å². The lowest BCUT2D eigenvalue weighted by atomic mass is 10.0. The van der Waals surface area contributed by atoms with Gasteiger partial charge in [0, 0.05) is 61.3 Å². The number of hydrogen-bond acceptors (Lipinski definition) is 7. The van der Waals surface area contributed by atoms with Crippen LogP contribution in [-0.2, 0) is 14.4 Å². The van der Waals surface area contributed by atoms with Crippen LogP contribution >= 0.6 is 0 Å². The molecule has 2 aromatic carbocycles. The average Bonchev–Trinajstić information content (AvgIpc) is 3.22. The summed E-state index contributed by atoms with van der Waals surface area (Å²) < 4.78 is 8.24. The first-order chi connectivity index (χ1) is 18.5. The summed E-state index contributed by atoms with van der Waals surface area (Å²) in [6.07, 6.45) is -0.0918. The monoisotopic (exact) mass is 540 g/mol. The highest BCUT2D eigenvalue weighted by atomic mass is 16.7. The SMILES string of the molecule is CN(C)[13c]1[13cH][13cH][13c]2c(-c3ccc(C(=O)ON4C(=O)CCC4=O)cc3C(=O)O)[13c]3[13cH][13cH][13c](=[N+](C)C)[13cH][13c]-3o[13c]2[13cH]1. The first kappa shape index (κ1) is 25.7. The summed E-state index contributed by atoms with van der Waals surface area (Å²) in [6, 6.07) is 15.5. The Hall–Kier alpha value is -4.99. The van der Waals surface area contributed by atoms with Crippen molar-refractivity contribution in [2.75, 3.05) is 33.1 Å². The van der Waals surface area contributed by atoms with Crippen LogP contribution in [0.3, 0.4) is 0 Å². The molecule has 2 amide bonds. The number of imide groups is 1. The van der Waals surface area contributed by atoms with Gasteiger partial charge in [-0.15, -0.1) is 5.06 Å². The van der Waals surface area contributed by atoms with Gasteiger partial charge >= 0.3 is 11.9 Å². The number of aromatic carboxylic acids is 1. The van der Waals surface area contributed by atoms with Gasteiger partial charge in [-0.1, -0.05) is 6.07 Å². The number of carboxylic acid groups (broad SMARTS) is 1. The number of hydroxylamine groups is 2. The molecule has 2 heterocycles. The Bertz CT molecular complexity index is 1710. The molecular weight excluding hydrogens is 514 g/mol. The van der Waals surface area contributed by atoms with E-state index >= 15 is 0 Å². The molecule has 1 aliphatic carbocycles. The fourth-order valence-electron chi connectivity index (χ4n) is 4.57. The van der Waals surface area contributed by atoms with E-state index in [0.29, 0.717) is 38.5 Å². The standard InChI is InChI=1S/C29H25N3O7/c1-30(2)17-6-9-20-23(14-17)38-24-15-18(31(3)4)7-10-21(24)27(20)19-8-5-16(13-22(19)28(35)36)29(37)39-32-25(33)11-12-26(32)34/h5-10,13-15H,11-12H2,1-4H3/p+1/i6+1,7+1,9+1,10+1,14+1,15+1,17+1,18+1,20+1,21+1,23+1,24+1. The zero-order valence-electron chi connectivity index (χ0n) is 21.8. The van der Waals surface area contributed by atoms with Crippen molar-refractivity contribution in [3.63, 3.8) is 0 Å². The lowest BCUT2D eigenvalue weighted by Gasteiger charge is -2.19. The highest BCUT2D eigenvalue weighted by Gasteiger charge is 2.33. The van der Waals surface area contributed by atoms with E-state index in [1.165, 1.54) is 18.2 Å². The molecule has 2 aliphatic heterocycles. The topological polar surface area (TPSA) is 120 Å². The zero-order valence-corrected chi connectivity index (χ0v) is 21.8. The third kappa shape index (κ3) is 4.61. The molecule has 0 bridgehead atoms. The van der Waals surface area contributed by atoms with Crippen molar-refractivity contribution < 1.29 is 33.5 Å². The molecule has 2 aromatic rings. The lowest BCUT2D eigenvalue weighted by Crippen LogP contribution is -2.32. The smallest absolute Gasteiger partial charge is 0.363 e. The maximum Gasteiger partial charge on any atom is 0.363 e. The molecule has 0 spiro atoms. The molecule has 39 heavy (non-hydrogen) atoms. The molecular formula is C29H26N3O7+. The number of benzene rings is 3. The molecule has 198 valence electrons. The number of fused-ring (bicyclic) bond motifs is 2. The number of carbonyl (C=O) groups is 4. The summed E-state index contributed by atoms with van der Waals surface area (Å²) >= 11 is 0. The molecule has 10 nitrogen and oxygen atoms in total. The van der Waals surface area contributed by atoms with E-state index in [0.717, 1.165) is 11.0 Å². The van der Waals surface area contributed by atoms with Gasteiger partial charge in [-0.2, -0.15) is 0 Å². The van der Waals surface area contributed by atoms with Gasteiger partial charge < -0.3 is 19.3 Å². The van der Waals surface area contributed by atoms with Crippen LogP contribution in [0.2, 0.25) is 0 Å². The number of nitrogens with zero attached hydrogens (tertiary/aromatic N) is 3. The van der Waals surface area contributed by atoms with E-state index in [9.17, 15) is 24.3 Å². The molecule has 1 N–H and O–H groups in total. The molecule has 0 radical (unpaired) electrons. The maximum atomic E-state index is 12.8. The molecule has 5 rings (SSSR count). The third-order valence-electron chi connectivity index (χ3n) is 6.66. The second-order valence-electron chi connectivity index (χ2n) is 9.65. The first-order valence-corrected chi connectivity index (χ1v) is 12.2. The van der Waals surface area contributed by atoms with E-state index in [2.05, 4.69) is 0 Å². The first-order valence-electron chi connectivity index (χ1n) is 12.2. The highest BCUT2D eigenvalue weighted by Crippen LogP contribution is 2.42. The van der Waals surface area contributed by atoms with Crippen LogP contribution in [0.1, 0.15) is 33.6 Å². The Balaban J connectivity index is 1.72. The van der Waals surface area contributed by atoms with Crippen LogP contribution in [0.25, 0.3) is 33.4 Å². The van der Waals surface area contributed by atoms with Crippen molar-refractivity contribution in [1.29, 1.82) is 0 Å². The molecule has 10 heteroatoms. The summed E-state index contributed by atoms with van der Waals surface area (Å²) in [5.74, 6) is -2.95. The molecule has 0 atom stereocenters. The summed E-state index contributed by atoms with van der Waals surface area (Å²) in [4.78, 5) is 55.9. The highest BCUT2D eigenvalue weighted by molar-refractivity contribution is 6.09. The van der Waals surface area contributed by atoms with Gasteiger partial charge in [0.05, 0.1) is 17.2 Å². The normalized spacial score (nSPS) is 13.3. The molecule has 0 aromatic heterocycles. The summed E-state index contributed by atoms with van der Waals surface area (Å²) in [6.45, 7) is 0. The number of carboxylic acids is 1. The van der Waals surface area contributed by atoms with Crippen LogP contribution < -0.4 is 14.8 Å². The van der Waals surface area contributed by atoms with Crippen molar-refractivity contribution in [1.82, 2.24) is 9.64 Å². The number of carbonyl (C=O) groups excluding carboxylic acids is 3. The van der Waals surface area contributed by atoms with Gasteiger partial charge in [-0.25, -0.2) is 14.2 Å². The van der Waals surface area contributed by atoms with Crippen molar-refractivity contribution in [2.45, 2.75) is 12.8 Å². The molecule has 3 aliphatic rings. The van der Waals surface area contributed by atoms with Crippen molar-refractivity contribution in [3.8, 4) is 22.5 Å². The molecule has 1 saturated heterocycles. The number of amides is 2. The van der Waals surface area contributed by atoms with Gasteiger partial charge in [-0.05, 0) is 35.9 Å². The van der Waals surface area contributed by atoms with E-state index in [-0.39, 0.29) is 24.0 Å². The van der Waals surface area contributed by atoms with Crippen LogP contribution in [0, 0.1) is 0 Å². The predicted molar refractivity (Wildman–Crippen MR) is 143 cm³/mol. The summed E-state index contributed by atoms with van der Waals surface area (Å²) in [7, 11) is 7.65. The average molecular weight is 540 g/mol. The second-order valence-corrected chi connectivity index (χ2v) is 9.65. The molecule has 0 unspecified atom stereocenters.